The third kappa shape index (κ3) is 2.71. The number of nitrogens with one attached hydrogen (secondary N) is 1. The van der Waals surface area contributed by atoms with E-state index in [1.807, 2.05) is 30.3 Å². The summed E-state index contributed by atoms with van der Waals surface area (Å²) in [7, 11) is 0. The second-order valence-corrected chi connectivity index (χ2v) is 8.56. The first kappa shape index (κ1) is 16.7. The number of halogens is 1. The number of ketones is 1. The lowest BCUT2D eigenvalue weighted by atomic mass is 9.80. The van der Waals surface area contributed by atoms with Crippen molar-refractivity contribution in [2.45, 2.75) is 24.8 Å². The third-order valence-corrected chi connectivity index (χ3v) is 6.84. The molecule has 2 aromatic heterocycles. The van der Waals surface area contributed by atoms with Gasteiger partial charge in [0.05, 0.1) is 0 Å². The Morgan fingerprint density at radius 1 is 1.22 bits per heavy atom. The second kappa shape index (κ2) is 6.31. The molecule has 27 heavy (non-hydrogen) atoms. The maximum absolute atomic E-state index is 13.2. The molecule has 3 N–H and O–H groups in total. The van der Waals surface area contributed by atoms with Crippen molar-refractivity contribution in [2.24, 2.45) is 0 Å². The molecule has 0 unspecified atom stereocenters. The molecule has 2 atom stereocenters. The summed E-state index contributed by atoms with van der Waals surface area (Å²) in [6, 6.07) is 11.7. The van der Waals surface area contributed by atoms with Crippen molar-refractivity contribution in [2.75, 3.05) is 11.1 Å². The molecular weight excluding hydrogens is 426 g/mol. The van der Waals surface area contributed by atoms with Gasteiger partial charge in [-0.05, 0) is 29.5 Å². The normalized spacial score (nSPS) is 21.6. The van der Waals surface area contributed by atoms with Crippen LogP contribution in [0.2, 0.25) is 0 Å². The molecule has 0 fully saturated rings. The van der Waals surface area contributed by atoms with Gasteiger partial charge in [0.25, 0.3) is 0 Å². The molecule has 6 nitrogen and oxygen atoms in total. The SMILES string of the molecule is Nc1nc2n(n1)[C@H](c1ccccc1Br)C1=C(C[C@@H](c3cccs3)CC1=O)N2. The molecule has 0 radical (unpaired) electrons. The van der Waals surface area contributed by atoms with Crippen LogP contribution in [0.3, 0.4) is 0 Å². The fourth-order valence-electron chi connectivity index (χ4n) is 3.94. The van der Waals surface area contributed by atoms with Gasteiger partial charge < -0.3 is 11.1 Å². The molecule has 1 aliphatic heterocycles. The summed E-state index contributed by atoms with van der Waals surface area (Å²) in [5, 5.41) is 9.73. The van der Waals surface area contributed by atoms with Crippen LogP contribution in [0.4, 0.5) is 11.9 Å². The number of nitrogen functional groups attached to an aromatic ring is 1. The number of carbonyl (C=O) groups excluding carboxylic acids is 1. The first-order chi connectivity index (χ1) is 13.1. The maximum atomic E-state index is 13.2. The molecule has 0 spiro atoms. The van der Waals surface area contributed by atoms with Crippen LogP contribution in [0.5, 0.6) is 0 Å². The van der Waals surface area contributed by atoms with Crippen LogP contribution in [0.15, 0.2) is 57.5 Å². The maximum Gasteiger partial charge on any atom is 0.241 e. The van der Waals surface area contributed by atoms with Crippen molar-refractivity contribution in [3.63, 3.8) is 0 Å². The Hall–Kier alpha value is -2.45. The monoisotopic (exact) mass is 441 g/mol. The zero-order valence-corrected chi connectivity index (χ0v) is 16.6. The second-order valence-electron chi connectivity index (χ2n) is 6.72. The molecule has 0 amide bonds. The van der Waals surface area contributed by atoms with Crippen molar-refractivity contribution in [1.29, 1.82) is 0 Å². The minimum Gasteiger partial charge on any atom is -0.366 e. The summed E-state index contributed by atoms with van der Waals surface area (Å²) in [5.41, 5.74) is 8.52. The largest absolute Gasteiger partial charge is 0.366 e. The molecule has 0 saturated carbocycles. The summed E-state index contributed by atoms with van der Waals surface area (Å²) in [5.74, 6) is 1.10. The molecule has 3 aromatic rings. The number of anilines is 2. The fraction of sp³-hybridized carbons (Fsp3) is 0.211. The number of allylic oxidation sites excluding steroid dienone is 2. The Bertz CT molecular complexity index is 1070. The van der Waals surface area contributed by atoms with E-state index in [1.165, 1.54) is 4.88 Å². The van der Waals surface area contributed by atoms with E-state index < -0.39 is 0 Å². The molecule has 0 bridgehead atoms. The lowest BCUT2D eigenvalue weighted by Crippen LogP contribution is -2.33. The van der Waals surface area contributed by atoms with E-state index in [0.717, 1.165) is 27.7 Å². The first-order valence-electron chi connectivity index (χ1n) is 8.65. The highest BCUT2D eigenvalue weighted by Crippen LogP contribution is 2.45. The summed E-state index contributed by atoms with van der Waals surface area (Å²) in [6.07, 6.45) is 1.27. The Labute approximate surface area is 168 Å². The molecular formula is C19H16BrN5OS. The minimum absolute atomic E-state index is 0.141. The highest BCUT2D eigenvalue weighted by molar-refractivity contribution is 9.10. The van der Waals surface area contributed by atoms with Crippen LogP contribution in [-0.2, 0) is 4.79 Å². The molecule has 3 heterocycles. The van der Waals surface area contributed by atoms with Crippen molar-refractivity contribution < 1.29 is 4.79 Å². The number of fused-ring (bicyclic) bond motifs is 1. The summed E-state index contributed by atoms with van der Waals surface area (Å²) >= 11 is 5.32. The van der Waals surface area contributed by atoms with Gasteiger partial charge in [-0.25, -0.2) is 4.68 Å². The van der Waals surface area contributed by atoms with E-state index >= 15 is 0 Å². The van der Waals surface area contributed by atoms with Gasteiger partial charge in [0, 0.05) is 33.0 Å². The van der Waals surface area contributed by atoms with Gasteiger partial charge in [-0.3, -0.25) is 4.79 Å². The van der Waals surface area contributed by atoms with Crippen molar-refractivity contribution >= 4 is 44.9 Å². The van der Waals surface area contributed by atoms with Crippen molar-refractivity contribution in [3.8, 4) is 0 Å². The predicted molar refractivity (Wildman–Crippen MR) is 109 cm³/mol. The Morgan fingerprint density at radius 3 is 2.85 bits per heavy atom. The van der Waals surface area contributed by atoms with Gasteiger partial charge in [-0.15, -0.1) is 16.4 Å². The van der Waals surface area contributed by atoms with E-state index in [2.05, 4.69) is 42.8 Å². The van der Waals surface area contributed by atoms with Crippen LogP contribution in [0.25, 0.3) is 0 Å². The van der Waals surface area contributed by atoms with Gasteiger partial charge in [0.2, 0.25) is 11.9 Å². The number of hydrogen-bond acceptors (Lipinski definition) is 6. The number of carbonyl (C=O) groups is 1. The van der Waals surface area contributed by atoms with Gasteiger partial charge >= 0.3 is 0 Å². The topological polar surface area (TPSA) is 85.8 Å². The minimum atomic E-state index is -0.339. The molecule has 136 valence electrons. The number of Topliss-reactive ketones (excluding diaryl/α,β-unsaturated/α-hetero) is 1. The number of nitrogens with two attached hydrogens (primary N) is 1. The number of rotatable bonds is 2. The Morgan fingerprint density at radius 2 is 2.07 bits per heavy atom. The highest BCUT2D eigenvalue weighted by Gasteiger charge is 2.40. The number of thiophene rings is 1. The van der Waals surface area contributed by atoms with E-state index in [4.69, 9.17) is 5.73 Å². The van der Waals surface area contributed by atoms with E-state index in [9.17, 15) is 4.79 Å². The zero-order valence-electron chi connectivity index (χ0n) is 14.2. The average molecular weight is 442 g/mol. The fourth-order valence-corrected chi connectivity index (χ4v) is 5.27. The third-order valence-electron chi connectivity index (χ3n) is 5.08. The van der Waals surface area contributed by atoms with Crippen LogP contribution in [-0.4, -0.2) is 20.5 Å². The predicted octanol–water partition coefficient (Wildman–Crippen LogP) is 4.10. The Kier molecular flexibility index (Phi) is 3.91. The van der Waals surface area contributed by atoms with Gasteiger partial charge in [0.15, 0.2) is 5.78 Å². The summed E-state index contributed by atoms with van der Waals surface area (Å²) in [6.45, 7) is 0. The van der Waals surface area contributed by atoms with Gasteiger partial charge in [-0.2, -0.15) is 4.98 Å². The van der Waals surface area contributed by atoms with E-state index in [0.29, 0.717) is 12.4 Å². The standard InChI is InChI=1S/C19H16BrN5OS/c20-12-5-2-1-4-11(12)17-16-13(22-19-23-18(21)24-25(17)19)8-10(9-14(16)26)15-6-3-7-27-15/h1-7,10,17H,8-9H2,(H3,21,22,23,24)/t10-,17-/m1/s1. The lowest BCUT2D eigenvalue weighted by molar-refractivity contribution is -0.116. The summed E-state index contributed by atoms with van der Waals surface area (Å²) < 4.78 is 2.65. The van der Waals surface area contributed by atoms with Crippen LogP contribution in [0, 0.1) is 0 Å². The first-order valence-corrected chi connectivity index (χ1v) is 10.3. The van der Waals surface area contributed by atoms with Crippen LogP contribution < -0.4 is 11.1 Å². The average Bonchev–Trinajstić information content (AvgIpc) is 3.29. The van der Waals surface area contributed by atoms with Crippen molar-refractivity contribution in [3.05, 3.63) is 68.0 Å². The highest BCUT2D eigenvalue weighted by atomic mass is 79.9. The molecule has 0 saturated heterocycles. The van der Waals surface area contributed by atoms with E-state index in [-0.39, 0.29) is 23.7 Å². The van der Waals surface area contributed by atoms with Gasteiger partial charge in [0.1, 0.15) is 6.04 Å². The Balaban J connectivity index is 1.66. The van der Waals surface area contributed by atoms with Gasteiger partial charge in [-0.1, -0.05) is 40.2 Å². The number of nitrogens with zero attached hydrogens (tertiary/aromatic N) is 3. The number of aromatic nitrogens is 3. The van der Waals surface area contributed by atoms with Crippen LogP contribution >= 0.6 is 27.3 Å². The molecule has 5 rings (SSSR count). The van der Waals surface area contributed by atoms with E-state index in [1.54, 1.807) is 16.0 Å². The molecule has 1 aromatic carbocycles. The number of benzene rings is 1. The molecule has 1 aliphatic carbocycles. The smallest absolute Gasteiger partial charge is 0.241 e. The van der Waals surface area contributed by atoms with Crippen LogP contribution in [0.1, 0.15) is 35.2 Å². The summed E-state index contributed by atoms with van der Waals surface area (Å²) in [4.78, 5) is 18.8. The number of hydrogen-bond donors (Lipinski definition) is 2. The zero-order chi connectivity index (χ0) is 18.5. The molecule has 8 heteroatoms. The lowest BCUT2D eigenvalue weighted by Gasteiger charge is -2.35. The quantitative estimate of drug-likeness (QED) is 0.624. The van der Waals surface area contributed by atoms with Crippen molar-refractivity contribution in [1.82, 2.24) is 14.8 Å². The molecule has 2 aliphatic rings.